The number of hydrogen-bond donors (Lipinski definition) is 0. The third kappa shape index (κ3) is 5.72. The van der Waals surface area contributed by atoms with Gasteiger partial charge in [0.1, 0.15) is 17.5 Å². The molecule has 0 spiro atoms. The number of piperazine rings is 1. The second-order valence-electron chi connectivity index (χ2n) is 10.6. The van der Waals surface area contributed by atoms with E-state index in [1.165, 1.54) is 17.4 Å². The maximum atomic E-state index is 14.1. The van der Waals surface area contributed by atoms with Gasteiger partial charge >= 0.3 is 0 Å². The van der Waals surface area contributed by atoms with Crippen LogP contribution >= 0.6 is 11.3 Å². The van der Waals surface area contributed by atoms with Gasteiger partial charge in [-0.1, -0.05) is 35.6 Å². The van der Waals surface area contributed by atoms with Crippen LogP contribution in [0.25, 0.3) is 6.08 Å². The average Bonchev–Trinajstić information content (AvgIpc) is 3.31. The Morgan fingerprint density at radius 2 is 1.86 bits per heavy atom. The number of fused-ring (bicyclic) bond motifs is 1. The molecule has 0 N–H and O–H groups in total. The van der Waals surface area contributed by atoms with Crippen molar-refractivity contribution in [2.45, 2.75) is 26.8 Å². The fourth-order valence-electron chi connectivity index (χ4n) is 5.71. The number of carbonyl (C=O) groups is 1. The number of carbonyl (C=O) groups excluding carboxylic acids is 1. The number of ether oxygens (including phenoxy) is 1. The molecule has 1 fully saturated rings. The van der Waals surface area contributed by atoms with Crippen LogP contribution < -0.4 is 24.5 Å². The molecule has 0 radical (unpaired) electrons. The quantitative estimate of drug-likeness (QED) is 0.287. The van der Waals surface area contributed by atoms with E-state index in [0.717, 1.165) is 13.1 Å². The fraction of sp³-hybridized carbons (Fsp3) is 0.387. The Hall–Kier alpha value is -4.29. The molecular weight excluding hydrogens is 568 g/mol. The molecule has 0 bridgehead atoms. The van der Waals surface area contributed by atoms with Crippen LogP contribution in [0.4, 0.5) is 11.4 Å². The summed E-state index contributed by atoms with van der Waals surface area (Å²) in [5, 5.41) is 12.1. The zero-order valence-electron chi connectivity index (χ0n) is 25.1. The van der Waals surface area contributed by atoms with Gasteiger partial charge in [-0.3, -0.25) is 24.3 Å². The molecule has 0 aliphatic carbocycles. The summed E-state index contributed by atoms with van der Waals surface area (Å²) in [5.41, 5.74) is 2.41. The first-order valence-corrected chi connectivity index (χ1v) is 15.2. The predicted molar refractivity (Wildman–Crippen MR) is 167 cm³/mol. The molecule has 1 aromatic heterocycles. The molecule has 3 aromatic rings. The van der Waals surface area contributed by atoms with Gasteiger partial charge < -0.3 is 19.4 Å². The number of likely N-dealkylation sites (N-methyl/N-ethyl adjacent to an activating group) is 2. The second-order valence-corrected chi connectivity index (χ2v) is 11.6. The standard InChI is InChI=1S/C31H36N6O5S/c1-6-34(7-2)30(39)27-20(3)32-31-36(28(27)22-10-8-9-11-25(22)42-5)29(38)26(43-31)19-21-12-13-23(24(18-21)37(40)41)35-16-14-33(4)15-17-35/h8-13,18-19,28H,6-7,14-17H2,1-5H3/b26-19-/t28-/m0/s1. The smallest absolute Gasteiger partial charge is 0.293 e. The van der Waals surface area contributed by atoms with Gasteiger partial charge in [-0.15, -0.1) is 0 Å². The minimum atomic E-state index is -0.753. The maximum Gasteiger partial charge on any atom is 0.293 e. The van der Waals surface area contributed by atoms with Crippen LogP contribution in [0.2, 0.25) is 0 Å². The van der Waals surface area contributed by atoms with Crippen molar-refractivity contribution in [1.29, 1.82) is 0 Å². The van der Waals surface area contributed by atoms with E-state index in [9.17, 15) is 19.7 Å². The lowest BCUT2D eigenvalue weighted by Crippen LogP contribution is -2.44. The SMILES string of the molecule is CCN(CC)C(=O)C1=C(C)N=c2s/c(=C\c3ccc(N4CCN(C)CC4)c([N+](=O)[O-])c3)c(=O)n2[C@H]1c1ccccc1OC. The molecule has 2 aliphatic rings. The highest BCUT2D eigenvalue weighted by Crippen LogP contribution is 2.36. The van der Waals surface area contributed by atoms with Crippen LogP contribution in [0, 0.1) is 10.1 Å². The molecule has 2 aromatic carbocycles. The van der Waals surface area contributed by atoms with E-state index >= 15 is 0 Å². The molecular formula is C31H36N6O5S. The highest BCUT2D eigenvalue weighted by molar-refractivity contribution is 7.07. The summed E-state index contributed by atoms with van der Waals surface area (Å²) in [6.45, 7) is 9.69. The number of benzene rings is 2. The van der Waals surface area contributed by atoms with Crippen LogP contribution in [0.1, 0.15) is 37.9 Å². The van der Waals surface area contributed by atoms with Crippen molar-refractivity contribution in [3.63, 3.8) is 0 Å². The molecule has 1 amide bonds. The van der Waals surface area contributed by atoms with E-state index in [1.54, 1.807) is 47.8 Å². The summed E-state index contributed by atoms with van der Waals surface area (Å²) in [4.78, 5) is 50.7. The number of allylic oxidation sites excluding steroid dienone is 1. The number of thiazole rings is 1. The Morgan fingerprint density at radius 1 is 1.16 bits per heavy atom. The highest BCUT2D eigenvalue weighted by Gasteiger charge is 2.35. The van der Waals surface area contributed by atoms with Crippen molar-refractivity contribution >= 4 is 34.7 Å². The molecule has 5 rings (SSSR count). The zero-order valence-corrected chi connectivity index (χ0v) is 25.9. The Morgan fingerprint density at radius 3 is 2.51 bits per heavy atom. The van der Waals surface area contributed by atoms with Gasteiger partial charge in [0, 0.05) is 50.9 Å². The normalized spacial score (nSPS) is 17.5. The number of anilines is 1. The van der Waals surface area contributed by atoms with E-state index in [1.807, 2.05) is 44.0 Å². The topological polar surface area (TPSA) is 114 Å². The molecule has 1 saturated heterocycles. The van der Waals surface area contributed by atoms with Crippen molar-refractivity contribution in [2.75, 3.05) is 58.3 Å². The van der Waals surface area contributed by atoms with Gasteiger partial charge in [0.15, 0.2) is 4.80 Å². The second kappa shape index (κ2) is 12.5. The van der Waals surface area contributed by atoms with Gasteiger partial charge in [0.25, 0.3) is 17.2 Å². The fourth-order valence-corrected chi connectivity index (χ4v) is 6.75. The van der Waals surface area contributed by atoms with E-state index in [4.69, 9.17) is 9.73 Å². The lowest BCUT2D eigenvalue weighted by molar-refractivity contribution is -0.384. The number of nitrogens with zero attached hydrogens (tertiary/aromatic N) is 6. The monoisotopic (exact) mass is 604 g/mol. The molecule has 2 aliphatic heterocycles. The van der Waals surface area contributed by atoms with Crippen molar-refractivity contribution in [2.24, 2.45) is 4.99 Å². The molecule has 0 saturated carbocycles. The zero-order chi connectivity index (χ0) is 30.8. The van der Waals surface area contributed by atoms with E-state index < -0.39 is 6.04 Å². The van der Waals surface area contributed by atoms with Crippen LogP contribution in [0.3, 0.4) is 0 Å². The predicted octanol–water partition coefficient (Wildman–Crippen LogP) is 2.77. The first kappa shape index (κ1) is 30.2. The Kier molecular flexibility index (Phi) is 8.79. The summed E-state index contributed by atoms with van der Waals surface area (Å²) in [5.74, 6) is 0.364. The van der Waals surface area contributed by atoms with E-state index in [2.05, 4.69) is 4.90 Å². The molecule has 12 heteroatoms. The third-order valence-electron chi connectivity index (χ3n) is 8.07. The van der Waals surface area contributed by atoms with Gasteiger partial charge in [-0.2, -0.15) is 0 Å². The van der Waals surface area contributed by atoms with Crippen LogP contribution in [-0.2, 0) is 4.79 Å². The van der Waals surface area contributed by atoms with Gasteiger partial charge in [-0.05, 0) is 51.6 Å². The summed E-state index contributed by atoms with van der Waals surface area (Å²) < 4.78 is 7.58. The summed E-state index contributed by atoms with van der Waals surface area (Å²) >= 11 is 1.20. The average molecular weight is 605 g/mol. The molecule has 0 unspecified atom stereocenters. The molecule has 11 nitrogen and oxygen atoms in total. The lowest BCUT2D eigenvalue weighted by atomic mass is 9.94. The van der Waals surface area contributed by atoms with Gasteiger partial charge in [0.05, 0.1) is 27.8 Å². The van der Waals surface area contributed by atoms with Gasteiger partial charge in [-0.25, -0.2) is 4.99 Å². The first-order valence-electron chi connectivity index (χ1n) is 14.3. The largest absolute Gasteiger partial charge is 0.496 e. The molecule has 1 atom stereocenters. The van der Waals surface area contributed by atoms with Crippen molar-refractivity contribution in [3.8, 4) is 5.75 Å². The van der Waals surface area contributed by atoms with E-state index in [0.29, 0.717) is 69.3 Å². The van der Waals surface area contributed by atoms with Crippen LogP contribution in [0.15, 0.2) is 63.5 Å². The van der Waals surface area contributed by atoms with Crippen LogP contribution in [0.5, 0.6) is 5.75 Å². The lowest BCUT2D eigenvalue weighted by Gasteiger charge is -2.33. The number of amides is 1. The minimum absolute atomic E-state index is 0.000859. The van der Waals surface area contributed by atoms with Crippen molar-refractivity contribution < 1.29 is 14.5 Å². The number of rotatable bonds is 8. The molecule has 226 valence electrons. The summed E-state index contributed by atoms with van der Waals surface area (Å²) in [7, 11) is 3.59. The maximum absolute atomic E-state index is 14.1. The summed E-state index contributed by atoms with van der Waals surface area (Å²) in [6, 6.07) is 11.7. The highest BCUT2D eigenvalue weighted by atomic mass is 32.1. The van der Waals surface area contributed by atoms with E-state index in [-0.39, 0.29) is 22.1 Å². The van der Waals surface area contributed by atoms with Gasteiger partial charge in [0.2, 0.25) is 0 Å². The first-order chi connectivity index (χ1) is 20.7. The molecule has 43 heavy (non-hydrogen) atoms. The number of nitro benzene ring substituents is 1. The Bertz CT molecular complexity index is 1770. The summed E-state index contributed by atoms with van der Waals surface area (Å²) in [6.07, 6.45) is 1.66. The number of hydrogen-bond acceptors (Lipinski definition) is 9. The Balaban J connectivity index is 1.65. The Labute approximate surface area is 253 Å². The minimum Gasteiger partial charge on any atom is -0.496 e. The number of para-hydroxylation sites is 1. The van der Waals surface area contributed by atoms with Crippen molar-refractivity contribution in [3.05, 3.63) is 94.7 Å². The van der Waals surface area contributed by atoms with Crippen molar-refractivity contribution in [1.82, 2.24) is 14.4 Å². The number of aromatic nitrogens is 1. The number of nitro groups is 1. The third-order valence-corrected chi connectivity index (χ3v) is 9.06. The van der Waals surface area contributed by atoms with Crippen LogP contribution in [-0.4, -0.2) is 78.6 Å². The number of methoxy groups -OCH3 is 1. The molecule has 3 heterocycles.